The lowest BCUT2D eigenvalue weighted by Crippen LogP contribution is -2.40. The molecule has 0 spiro atoms. The van der Waals surface area contributed by atoms with Gasteiger partial charge in [-0.1, -0.05) is 11.6 Å². The number of anilines is 1. The number of piperidine rings is 1. The molecule has 1 aliphatic heterocycles. The van der Waals surface area contributed by atoms with E-state index in [1.54, 1.807) is 0 Å². The SMILES string of the molecule is Cc1nc(-c2ccc(Cl)cc2)nc(N2CCC(N)CC2)c1C. The van der Waals surface area contributed by atoms with Gasteiger partial charge in [0.05, 0.1) is 0 Å². The van der Waals surface area contributed by atoms with E-state index in [9.17, 15) is 0 Å². The number of halogens is 1. The first-order valence-electron chi connectivity index (χ1n) is 7.66. The maximum atomic E-state index is 6.01. The summed E-state index contributed by atoms with van der Waals surface area (Å²) in [6.45, 7) is 6.04. The highest BCUT2D eigenvalue weighted by atomic mass is 35.5. The predicted octanol–water partition coefficient (Wildman–Crippen LogP) is 3.34. The van der Waals surface area contributed by atoms with Gasteiger partial charge in [-0.3, -0.25) is 0 Å². The van der Waals surface area contributed by atoms with Crippen molar-refractivity contribution in [2.75, 3.05) is 18.0 Å². The predicted molar refractivity (Wildman–Crippen MR) is 91.4 cm³/mol. The zero-order chi connectivity index (χ0) is 15.7. The van der Waals surface area contributed by atoms with E-state index in [1.165, 1.54) is 0 Å². The molecule has 1 aliphatic rings. The number of aromatic nitrogens is 2. The molecule has 22 heavy (non-hydrogen) atoms. The van der Waals surface area contributed by atoms with Crippen LogP contribution in [0.4, 0.5) is 5.82 Å². The molecule has 0 saturated carbocycles. The summed E-state index contributed by atoms with van der Waals surface area (Å²) in [7, 11) is 0. The van der Waals surface area contributed by atoms with Crippen molar-refractivity contribution in [3.8, 4) is 11.4 Å². The van der Waals surface area contributed by atoms with E-state index in [4.69, 9.17) is 22.3 Å². The van der Waals surface area contributed by atoms with Gasteiger partial charge in [-0.15, -0.1) is 0 Å². The van der Waals surface area contributed by atoms with Crippen molar-refractivity contribution in [2.24, 2.45) is 5.73 Å². The average Bonchev–Trinajstić information content (AvgIpc) is 2.52. The van der Waals surface area contributed by atoms with E-state index >= 15 is 0 Å². The molecular weight excluding hydrogens is 296 g/mol. The molecule has 1 fully saturated rings. The van der Waals surface area contributed by atoms with Gasteiger partial charge in [-0.05, 0) is 51.0 Å². The fourth-order valence-corrected chi connectivity index (χ4v) is 2.89. The number of benzene rings is 1. The Morgan fingerprint density at radius 1 is 1.09 bits per heavy atom. The highest BCUT2D eigenvalue weighted by molar-refractivity contribution is 6.30. The van der Waals surface area contributed by atoms with Gasteiger partial charge in [-0.2, -0.15) is 0 Å². The van der Waals surface area contributed by atoms with E-state index in [2.05, 4.69) is 16.8 Å². The molecule has 1 saturated heterocycles. The number of nitrogens with two attached hydrogens (primary N) is 1. The van der Waals surface area contributed by atoms with Crippen LogP contribution in [0.1, 0.15) is 24.1 Å². The van der Waals surface area contributed by atoms with Crippen molar-refractivity contribution in [3.63, 3.8) is 0 Å². The van der Waals surface area contributed by atoms with Crippen molar-refractivity contribution >= 4 is 17.4 Å². The summed E-state index contributed by atoms with van der Waals surface area (Å²) in [5.41, 5.74) is 9.16. The van der Waals surface area contributed by atoms with E-state index in [-0.39, 0.29) is 0 Å². The minimum atomic E-state index is 0.315. The molecule has 0 aliphatic carbocycles. The monoisotopic (exact) mass is 316 g/mol. The lowest BCUT2D eigenvalue weighted by molar-refractivity contribution is 0.498. The third-order valence-corrected chi connectivity index (χ3v) is 4.56. The first kappa shape index (κ1) is 15.3. The fourth-order valence-electron chi connectivity index (χ4n) is 2.76. The normalized spacial score (nSPS) is 16.1. The van der Waals surface area contributed by atoms with Crippen molar-refractivity contribution in [3.05, 3.63) is 40.5 Å². The van der Waals surface area contributed by atoms with Gasteiger partial charge in [-0.25, -0.2) is 9.97 Å². The van der Waals surface area contributed by atoms with Crippen LogP contribution in [0.25, 0.3) is 11.4 Å². The standard InChI is InChI=1S/C17H21ClN4/c1-11-12(2)20-16(13-3-5-14(18)6-4-13)21-17(11)22-9-7-15(19)8-10-22/h3-6,15H,7-10,19H2,1-2H3. The third kappa shape index (κ3) is 3.08. The van der Waals surface area contributed by atoms with Gasteiger partial charge in [0.15, 0.2) is 5.82 Å². The second-order valence-corrected chi connectivity index (χ2v) is 6.35. The molecule has 1 aromatic heterocycles. The van der Waals surface area contributed by atoms with Crippen LogP contribution in [0.5, 0.6) is 0 Å². The Morgan fingerprint density at radius 2 is 1.73 bits per heavy atom. The lowest BCUT2D eigenvalue weighted by atomic mass is 10.1. The number of hydrogen-bond acceptors (Lipinski definition) is 4. The first-order valence-corrected chi connectivity index (χ1v) is 8.04. The molecule has 4 nitrogen and oxygen atoms in total. The van der Waals surface area contributed by atoms with E-state index < -0.39 is 0 Å². The highest BCUT2D eigenvalue weighted by Crippen LogP contribution is 2.27. The van der Waals surface area contributed by atoms with Crippen LogP contribution < -0.4 is 10.6 Å². The van der Waals surface area contributed by atoms with Crippen LogP contribution in [0.15, 0.2) is 24.3 Å². The Kier molecular flexibility index (Phi) is 4.32. The number of aryl methyl sites for hydroxylation is 1. The Hall–Kier alpha value is -1.65. The van der Waals surface area contributed by atoms with Crippen LogP contribution in [0, 0.1) is 13.8 Å². The molecule has 2 aromatic rings. The van der Waals surface area contributed by atoms with Crippen molar-refractivity contribution in [1.82, 2.24) is 9.97 Å². The Bertz CT molecular complexity index is 661. The molecule has 2 heterocycles. The minimum Gasteiger partial charge on any atom is -0.356 e. The van der Waals surface area contributed by atoms with Gasteiger partial charge >= 0.3 is 0 Å². The number of nitrogens with zero attached hydrogens (tertiary/aromatic N) is 3. The van der Waals surface area contributed by atoms with E-state index in [1.807, 2.05) is 31.2 Å². The maximum absolute atomic E-state index is 6.01. The van der Waals surface area contributed by atoms with Crippen LogP contribution in [-0.4, -0.2) is 29.1 Å². The molecule has 3 rings (SSSR count). The topological polar surface area (TPSA) is 55.0 Å². The second-order valence-electron chi connectivity index (χ2n) is 5.91. The average molecular weight is 317 g/mol. The van der Waals surface area contributed by atoms with Crippen molar-refractivity contribution < 1.29 is 0 Å². The maximum Gasteiger partial charge on any atom is 0.161 e. The summed E-state index contributed by atoms with van der Waals surface area (Å²) in [6.07, 6.45) is 2.03. The molecule has 0 unspecified atom stereocenters. The molecule has 2 N–H and O–H groups in total. The second kappa shape index (κ2) is 6.23. The molecule has 0 amide bonds. The summed E-state index contributed by atoms with van der Waals surface area (Å²) in [5.74, 6) is 1.79. The molecule has 0 bridgehead atoms. The van der Waals surface area contributed by atoms with Crippen LogP contribution in [-0.2, 0) is 0 Å². The Balaban J connectivity index is 1.98. The summed E-state index contributed by atoms with van der Waals surface area (Å²) in [4.78, 5) is 11.8. The summed E-state index contributed by atoms with van der Waals surface area (Å²) < 4.78 is 0. The molecule has 0 radical (unpaired) electrons. The lowest BCUT2D eigenvalue weighted by Gasteiger charge is -2.32. The van der Waals surface area contributed by atoms with Gasteiger partial charge < -0.3 is 10.6 Å². The Labute approximate surface area is 136 Å². The van der Waals surface area contributed by atoms with E-state index in [0.29, 0.717) is 6.04 Å². The zero-order valence-electron chi connectivity index (χ0n) is 13.0. The molecule has 5 heteroatoms. The fraction of sp³-hybridized carbons (Fsp3) is 0.412. The molecular formula is C17H21ClN4. The molecule has 1 aromatic carbocycles. The van der Waals surface area contributed by atoms with Gasteiger partial charge in [0, 0.05) is 41.0 Å². The number of hydrogen-bond donors (Lipinski definition) is 1. The van der Waals surface area contributed by atoms with Gasteiger partial charge in [0.1, 0.15) is 5.82 Å². The smallest absolute Gasteiger partial charge is 0.161 e. The van der Waals surface area contributed by atoms with Gasteiger partial charge in [0.25, 0.3) is 0 Å². The summed E-state index contributed by atoms with van der Waals surface area (Å²) in [5, 5.41) is 0.720. The van der Waals surface area contributed by atoms with E-state index in [0.717, 1.165) is 59.4 Å². The van der Waals surface area contributed by atoms with Crippen molar-refractivity contribution in [1.29, 1.82) is 0 Å². The largest absolute Gasteiger partial charge is 0.356 e. The summed E-state index contributed by atoms with van der Waals surface area (Å²) >= 11 is 5.96. The van der Waals surface area contributed by atoms with Crippen LogP contribution in [0.2, 0.25) is 5.02 Å². The van der Waals surface area contributed by atoms with Crippen molar-refractivity contribution in [2.45, 2.75) is 32.7 Å². The minimum absolute atomic E-state index is 0.315. The number of rotatable bonds is 2. The quantitative estimate of drug-likeness (QED) is 0.923. The third-order valence-electron chi connectivity index (χ3n) is 4.31. The highest BCUT2D eigenvalue weighted by Gasteiger charge is 2.20. The summed E-state index contributed by atoms with van der Waals surface area (Å²) in [6, 6.07) is 7.98. The Morgan fingerprint density at radius 3 is 2.36 bits per heavy atom. The van der Waals surface area contributed by atoms with Gasteiger partial charge in [0.2, 0.25) is 0 Å². The van der Waals surface area contributed by atoms with Crippen LogP contribution in [0.3, 0.4) is 0 Å². The zero-order valence-corrected chi connectivity index (χ0v) is 13.8. The van der Waals surface area contributed by atoms with Crippen LogP contribution >= 0.6 is 11.6 Å². The molecule has 116 valence electrons. The first-order chi connectivity index (χ1) is 10.5. The molecule has 0 atom stereocenters.